The molecule has 2 N–H and O–H groups in total. The van der Waals surface area contributed by atoms with Crippen molar-refractivity contribution in [2.75, 3.05) is 16.8 Å². The molecule has 1 aliphatic carbocycles. The van der Waals surface area contributed by atoms with Crippen LogP contribution in [0.4, 0.5) is 11.4 Å². The van der Waals surface area contributed by atoms with Crippen molar-refractivity contribution in [3.63, 3.8) is 0 Å². The van der Waals surface area contributed by atoms with E-state index in [-0.39, 0.29) is 30.7 Å². The number of hydrogen-bond donors (Lipinski definition) is 2. The Kier molecular flexibility index (Phi) is 4.57. The molecule has 6 nitrogen and oxygen atoms in total. The zero-order valence-corrected chi connectivity index (χ0v) is 11.8. The summed E-state index contributed by atoms with van der Waals surface area (Å²) in [4.78, 5) is 35.6. The van der Waals surface area contributed by atoms with Crippen LogP contribution in [0.5, 0.6) is 0 Å². The number of benzene rings is 1. The van der Waals surface area contributed by atoms with Gasteiger partial charge in [-0.25, -0.2) is 0 Å². The molecule has 2 rings (SSSR count). The van der Waals surface area contributed by atoms with Gasteiger partial charge in [0.1, 0.15) is 0 Å². The summed E-state index contributed by atoms with van der Waals surface area (Å²) < 4.78 is 0. The van der Waals surface area contributed by atoms with Crippen LogP contribution in [0.1, 0.15) is 26.2 Å². The third kappa shape index (κ3) is 4.30. The second-order valence-electron chi connectivity index (χ2n) is 5.14. The monoisotopic (exact) mass is 290 g/mol. The van der Waals surface area contributed by atoms with Crippen LogP contribution >= 0.6 is 0 Å². The molecule has 6 heteroatoms. The SMILES string of the molecule is CC(=O)Nc1cccc(N(CCC(=O)O)C(=O)C2CC2)c1. The molecule has 0 unspecified atom stereocenters. The van der Waals surface area contributed by atoms with Crippen LogP contribution < -0.4 is 10.2 Å². The molecule has 1 aromatic carbocycles. The summed E-state index contributed by atoms with van der Waals surface area (Å²) in [7, 11) is 0. The minimum atomic E-state index is -0.943. The van der Waals surface area contributed by atoms with Crippen molar-refractivity contribution < 1.29 is 19.5 Å². The number of carbonyl (C=O) groups excluding carboxylic acids is 2. The number of nitrogens with zero attached hydrogens (tertiary/aromatic N) is 1. The molecule has 0 saturated heterocycles. The largest absolute Gasteiger partial charge is 0.481 e. The Labute approximate surface area is 122 Å². The van der Waals surface area contributed by atoms with E-state index >= 15 is 0 Å². The topological polar surface area (TPSA) is 86.7 Å². The van der Waals surface area contributed by atoms with Gasteiger partial charge in [-0.15, -0.1) is 0 Å². The van der Waals surface area contributed by atoms with Crippen LogP contribution in [-0.2, 0) is 14.4 Å². The van der Waals surface area contributed by atoms with Crippen molar-refractivity contribution in [3.05, 3.63) is 24.3 Å². The molecule has 21 heavy (non-hydrogen) atoms. The predicted molar refractivity (Wildman–Crippen MR) is 78.1 cm³/mol. The Morgan fingerprint density at radius 1 is 1.33 bits per heavy atom. The smallest absolute Gasteiger partial charge is 0.305 e. The van der Waals surface area contributed by atoms with Gasteiger partial charge in [0.25, 0.3) is 0 Å². The zero-order valence-electron chi connectivity index (χ0n) is 11.8. The molecule has 1 aromatic rings. The van der Waals surface area contributed by atoms with Crippen molar-refractivity contribution in [3.8, 4) is 0 Å². The van der Waals surface area contributed by atoms with Gasteiger partial charge in [-0.2, -0.15) is 0 Å². The molecule has 112 valence electrons. The highest BCUT2D eigenvalue weighted by molar-refractivity contribution is 5.98. The maximum atomic E-state index is 12.3. The molecule has 0 bridgehead atoms. The van der Waals surface area contributed by atoms with Crippen LogP contribution in [0.15, 0.2) is 24.3 Å². The highest BCUT2D eigenvalue weighted by atomic mass is 16.4. The summed E-state index contributed by atoms with van der Waals surface area (Å²) in [5.41, 5.74) is 1.20. The molecular weight excluding hydrogens is 272 g/mol. The molecule has 2 amide bonds. The number of carbonyl (C=O) groups is 3. The quantitative estimate of drug-likeness (QED) is 0.837. The van der Waals surface area contributed by atoms with E-state index in [1.165, 1.54) is 11.8 Å². The van der Waals surface area contributed by atoms with Gasteiger partial charge in [0.2, 0.25) is 11.8 Å². The number of nitrogens with one attached hydrogen (secondary N) is 1. The molecule has 0 aliphatic heterocycles. The van der Waals surface area contributed by atoms with Crippen LogP contribution in [-0.4, -0.2) is 29.4 Å². The third-order valence-corrected chi connectivity index (χ3v) is 3.22. The van der Waals surface area contributed by atoms with Crippen LogP contribution in [0, 0.1) is 5.92 Å². The van der Waals surface area contributed by atoms with Crippen LogP contribution in [0.2, 0.25) is 0 Å². The maximum Gasteiger partial charge on any atom is 0.305 e. The predicted octanol–water partition coefficient (Wildman–Crippen LogP) is 1.86. The fourth-order valence-corrected chi connectivity index (χ4v) is 2.08. The van der Waals surface area contributed by atoms with Crippen molar-refractivity contribution >= 4 is 29.2 Å². The van der Waals surface area contributed by atoms with E-state index < -0.39 is 5.97 Å². The van der Waals surface area contributed by atoms with Gasteiger partial charge in [0.15, 0.2) is 0 Å². The Morgan fingerprint density at radius 3 is 2.62 bits per heavy atom. The first-order valence-corrected chi connectivity index (χ1v) is 6.88. The Bertz CT molecular complexity index is 567. The number of anilines is 2. The van der Waals surface area contributed by atoms with Crippen molar-refractivity contribution in [1.29, 1.82) is 0 Å². The first-order chi connectivity index (χ1) is 9.97. The van der Waals surface area contributed by atoms with Gasteiger partial charge < -0.3 is 15.3 Å². The van der Waals surface area contributed by atoms with E-state index in [1.807, 2.05) is 0 Å². The van der Waals surface area contributed by atoms with Gasteiger partial charge in [-0.3, -0.25) is 14.4 Å². The molecule has 0 heterocycles. The van der Waals surface area contributed by atoms with E-state index in [0.717, 1.165) is 12.8 Å². The van der Waals surface area contributed by atoms with Crippen molar-refractivity contribution in [2.45, 2.75) is 26.2 Å². The zero-order chi connectivity index (χ0) is 15.4. The highest BCUT2D eigenvalue weighted by Gasteiger charge is 2.34. The standard InChI is InChI=1S/C15H18N2O4/c1-10(18)16-12-3-2-4-13(9-12)17(8-7-14(19)20)15(21)11-5-6-11/h2-4,9,11H,5-8H2,1H3,(H,16,18)(H,19,20). The van der Waals surface area contributed by atoms with Crippen molar-refractivity contribution in [1.82, 2.24) is 0 Å². The molecular formula is C15H18N2O4. The lowest BCUT2D eigenvalue weighted by Crippen LogP contribution is -2.34. The van der Waals surface area contributed by atoms with E-state index in [1.54, 1.807) is 24.3 Å². The molecule has 0 atom stereocenters. The molecule has 1 saturated carbocycles. The third-order valence-electron chi connectivity index (χ3n) is 3.22. The summed E-state index contributed by atoms with van der Waals surface area (Å²) in [5, 5.41) is 11.5. The lowest BCUT2D eigenvalue weighted by Gasteiger charge is -2.22. The number of amides is 2. The van der Waals surface area contributed by atoms with E-state index in [9.17, 15) is 14.4 Å². The number of carboxylic acids is 1. The number of carboxylic acid groups (broad SMARTS) is 1. The van der Waals surface area contributed by atoms with Gasteiger partial charge >= 0.3 is 5.97 Å². The average molecular weight is 290 g/mol. The normalized spacial score (nSPS) is 13.6. The van der Waals surface area contributed by atoms with E-state index in [0.29, 0.717) is 11.4 Å². The van der Waals surface area contributed by atoms with Gasteiger partial charge in [0, 0.05) is 30.8 Å². The Hall–Kier alpha value is -2.37. The second-order valence-corrected chi connectivity index (χ2v) is 5.14. The molecule has 0 spiro atoms. The highest BCUT2D eigenvalue weighted by Crippen LogP contribution is 2.33. The van der Waals surface area contributed by atoms with Crippen molar-refractivity contribution in [2.24, 2.45) is 5.92 Å². The first-order valence-electron chi connectivity index (χ1n) is 6.88. The van der Waals surface area contributed by atoms with E-state index in [4.69, 9.17) is 5.11 Å². The first kappa shape index (κ1) is 15.0. The number of rotatable bonds is 6. The summed E-state index contributed by atoms with van der Waals surface area (Å²) in [5.74, 6) is -1.18. The lowest BCUT2D eigenvalue weighted by molar-refractivity contribution is -0.136. The Balaban J connectivity index is 2.20. The van der Waals surface area contributed by atoms with Crippen LogP contribution in [0.25, 0.3) is 0 Å². The fourth-order valence-electron chi connectivity index (χ4n) is 2.08. The molecule has 0 radical (unpaired) electrons. The average Bonchev–Trinajstić information content (AvgIpc) is 3.22. The minimum Gasteiger partial charge on any atom is -0.481 e. The van der Waals surface area contributed by atoms with Gasteiger partial charge in [-0.05, 0) is 31.0 Å². The van der Waals surface area contributed by atoms with Crippen LogP contribution in [0.3, 0.4) is 0 Å². The fraction of sp³-hybridized carbons (Fsp3) is 0.400. The van der Waals surface area contributed by atoms with Gasteiger partial charge in [0.05, 0.1) is 6.42 Å². The summed E-state index contributed by atoms with van der Waals surface area (Å²) in [6.07, 6.45) is 1.60. The Morgan fingerprint density at radius 2 is 2.05 bits per heavy atom. The number of hydrogen-bond acceptors (Lipinski definition) is 3. The molecule has 1 fully saturated rings. The lowest BCUT2D eigenvalue weighted by atomic mass is 10.2. The molecule has 0 aromatic heterocycles. The number of aliphatic carboxylic acids is 1. The van der Waals surface area contributed by atoms with E-state index in [2.05, 4.69) is 5.32 Å². The minimum absolute atomic E-state index is 0.00298. The second kappa shape index (κ2) is 6.39. The summed E-state index contributed by atoms with van der Waals surface area (Å²) >= 11 is 0. The maximum absolute atomic E-state index is 12.3. The molecule has 1 aliphatic rings. The summed E-state index contributed by atoms with van der Waals surface area (Å²) in [6, 6.07) is 6.88. The summed E-state index contributed by atoms with van der Waals surface area (Å²) in [6.45, 7) is 1.54. The van der Waals surface area contributed by atoms with Gasteiger partial charge in [-0.1, -0.05) is 6.07 Å².